The average Bonchev–Trinajstić information content (AvgIpc) is 2.51. The highest BCUT2D eigenvalue weighted by Crippen LogP contribution is 2.43. The van der Waals surface area contributed by atoms with Crippen molar-refractivity contribution >= 4 is 0 Å². The third-order valence-corrected chi connectivity index (χ3v) is 5.74. The third kappa shape index (κ3) is 2.15. The highest BCUT2D eigenvalue weighted by molar-refractivity contribution is 4.99. The van der Waals surface area contributed by atoms with Crippen LogP contribution in [0.2, 0.25) is 0 Å². The second kappa shape index (κ2) is 4.89. The monoisotopic (exact) mass is 236 g/mol. The molecule has 2 bridgehead atoms. The molecule has 3 fully saturated rings. The van der Waals surface area contributed by atoms with Gasteiger partial charge in [-0.3, -0.25) is 0 Å². The molecule has 0 amide bonds. The fourth-order valence-electron chi connectivity index (χ4n) is 4.50. The van der Waals surface area contributed by atoms with Crippen LogP contribution in [0.5, 0.6) is 0 Å². The lowest BCUT2D eigenvalue weighted by Crippen LogP contribution is -2.51. The second-order valence-electron chi connectivity index (χ2n) is 6.56. The summed E-state index contributed by atoms with van der Waals surface area (Å²) in [5.41, 5.74) is 0. The molecular weight excluding hydrogens is 208 g/mol. The molecule has 3 unspecified atom stereocenters. The quantitative estimate of drug-likeness (QED) is 0.807. The van der Waals surface area contributed by atoms with Gasteiger partial charge in [-0.1, -0.05) is 13.3 Å². The Morgan fingerprint density at radius 1 is 1.06 bits per heavy atom. The Hall–Kier alpha value is -0.0800. The summed E-state index contributed by atoms with van der Waals surface area (Å²) in [5.74, 6) is 1.97. The van der Waals surface area contributed by atoms with E-state index >= 15 is 0 Å². The van der Waals surface area contributed by atoms with Crippen molar-refractivity contribution in [3.05, 3.63) is 0 Å². The molecule has 17 heavy (non-hydrogen) atoms. The molecule has 0 aromatic heterocycles. The van der Waals surface area contributed by atoms with Crippen molar-refractivity contribution in [1.29, 1.82) is 0 Å². The van der Waals surface area contributed by atoms with E-state index in [1.54, 1.807) is 0 Å². The molecule has 2 nitrogen and oxygen atoms in total. The topological polar surface area (TPSA) is 15.3 Å². The molecule has 98 valence electrons. The van der Waals surface area contributed by atoms with Crippen molar-refractivity contribution < 1.29 is 0 Å². The van der Waals surface area contributed by atoms with Crippen LogP contribution >= 0.6 is 0 Å². The van der Waals surface area contributed by atoms with Crippen molar-refractivity contribution in [2.24, 2.45) is 11.8 Å². The summed E-state index contributed by atoms with van der Waals surface area (Å²) in [5, 5.41) is 3.82. The molecule has 3 atom stereocenters. The first-order valence-corrected chi connectivity index (χ1v) is 7.75. The molecule has 1 N–H and O–H groups in total. The highest BCUT2D eigenvalue weighted by Gasteiger charge is 2.43. The van der Waals surface area contributed by atoms with E-state index < -0.39 is 0 Å². The lowest BCUT2D eigenvalue weighted by Gasteiger charge is -2.45. The van der Waals surface area contributed by atoms with E-state index in [4.69, 9.17) is 0 Å². The third-order valence-electron chi connectivity index (χ3n) is 5.74. The highest BCUT2D eigenvalue weighted by atomic mass is 15.2. The van der Waals surface area contributed by atoms with Gasteiger partial charge in [0.15, 0.2) is 0 Å². The molecule has 2 heterocycles. The zero-order chi connectivity index (χ0) is 11.8. The first-order valence-electron chi connectivity index (χ1n) is 7.75. The fraction of sp³-hybridized carbons (Fsp3) is 1.00. The van der Waals surface area contributed by atoms with Gasteiger partial charge in [0.05, 0.1) is 0 Å². The van der Waals surface area contributed by atoms with Gasteiger partial charge in [0.2, 0.25) is 0 Å². The number of fused-ring (bicyclic) bond motifs is 2. The van der Waals surface area contributed by atoms with Crippen LogP contribution in [0.4, 0.5) is 0 Å². The van der Waals surface area contributed by atoms with E-state index in [9.17, 15) is 0 Å². The lowest BCUT2D eigenvalue weighted by molar-refractivity contribution is 0.0773. The predicted molar refractivity (Wildman–Crippen MR) is 72.1 cm³/mol. The van der Waals surface area contributed by atoms with E-state index in [1.165, 1.54) is 44.9 Å². The molecule has 0 aromatic carbocycles. The van der Waals surface area contributed by atoms with Crippen LogP contribution in [0.3, 0.4) is 0 Å². The number of nitrogens with zero attached hydrogens (tertiary/aromatic N) is 1. The first-order chi connectivity index (χ1) is 8.29. The van der Waals surface area contributed by atoms with Crippen LogP contribution in [-0.4, -0.2) is 36.6 Å². The average molecular weight is 236 g/mol. The summed E-state index contributed by atoms with van der Waals surface area (Å²) < 4.78 is 0. The van der Waals surface area contributed by atoms with Crippen molar-refractivity contribution in [1.82, 2.24) is 10.2 Å². The fourth-order valence-corrected chi connectivity index (χ4v) is 4.50. The number of hydrogen-bond donors (Lipinski definition) is 1. The Labute approximate surface area is 106 Å². The number of nitrogens with one attached hydrogen (secondary N) is 1. The van der Waals surface area contributed by atoms with Crippen molar-refractivity contribution in [2.75, 3.05) is 13.6 Å². The van der Waals surface area contributed by atoms with E-state index in [0.717, 1.165) is 36.5 Å². The summed E-state index contributed by atoms with van der Waals surface area (Å²) in [7, 11) is 2.35. The van der Waals surface area contributed by atoms with Crippen LogP contribution in [-0.2, 0) is 0 Å². The maximum absolute atomic E-state index is 3.82. The Balaban J connectivity index is 1.66. The minimum absolute atomic E-state index is 0.838. The number of rotatable bonds is 4. The summed E-state index contributed by atoms with van der Waals surface area (Å²) >= 11 is 0. The van der Waals surface area contributed by atoms with E-state index in [-0.39, 0.29) is 0 Å². The number of piperidine rings is 1. The van der Waals surface area contributed by atoms with Crippen molar-refractivity contribution in [2.45, 2.75) is 70.0 Å². The van der Waals surface area contributed by atoms with E-state index in [0.29, 0.717) is 0 Å². The SMILES string of the molecule is CCNC(C1CCC1)C1CC2CCC(C1)N2C. The van der Waals surface area contributed by atoms with Gasteiger partial charge in [-0.2, -0.15) is 0 Å². The molecule has 2 heteroatoms. The van der Waals surface area contributed by atoms with Gasteiger partial charge in [-0.15, -0.1) is 0 Å². The van der Waals surface area contributed by atoms with Crippen molar-refractivity contribution in [3.63, 3.8) is 0 Å². The molecule has 3 rings (SSSR count). The molecular formula is C15H28N2. The summed E-state index contributed by atoms with van der Waals surface area (Å²) in [4.78, 5) is 2.67. The zero-order valence-electron chi connectivity index (χ0n) is 11.5. The molecule has 1 aliphatic carbocycles. The smallest absolute Gasteiger partial charge is 0.0125 e. The van der Waals surface area contributed by atoms with Crippen LogP contribution in [0.25, 0.3) is 0 Å². The lowest BCUT2D eigenvalue weighted by atomic mass is 9.71. The van der Waals surface area contributed by atoms with Gasteiger partial charge in [0.25, 0.3) is 0 Å². The van der Waals surface area contributed by atoms with Gasteiger partial charge in [0.1, 0.15) is 0 Å². The van der Waals surface area contributed by atoms with Gasteiger partial charge in [-0.05, 0) is 64.0 Å². The maximum Gasteiger partial charge on any atom is 0.0125 e. The van der Waals surface area contributed by atoms with Gasteiger partial charge in [-0.25, -0.2) is 0 Å². The normalized spacial score (nSPS) is 40.2. The first kappa shape index (κ1) is 12.0. The van der Waals surface area contributed by atoms with Gasteiger partial charge in [0, 0.05) is 18.1 Å². The summed E-state index contributed by atoms with van der Waals surface area (Å²) in [6.45, 7) is 3.43. The predicted octanol–water partition coefficient (Wildman–Crippen LogP) is 2.64. The van der Waals surface area contributed by atoms with E-state index in [2.05, 4.69) is 24.2 Å². The summed E-state index contributed by atoms with van der Waals surface area (Å²) in [6.07, 6.45) is 10.3. The van der Waals surface area contributed by atoms with Gasteiger partial charge < -0.3 is 10.2 Å². The Morgan fingerprint density at radius 2 is 1.71 bits per heavy atom. The van der Waals surface area contributed by atoms with Crippen LogP contribution in [0, 0.1) is 11.8 Å². The minimum Gasteiger partial charge on any atom is -0.314 e. The van der Waals surface area contributed by atoms with Crippen LogP contribution < -0.4 is 5.32 Å². The van der Waals surface area contributed by atoms with Crippen LogP contribution in [0.1, 0.15) is 51.9 Å². The molecule has 0 spiro atoms. The second-order valence-corrected chi connectivity index (χ2v) is 6.56. The van der Waals surface area contributed by atoms with Crippen LogP contribution in [0.15, 0.2) is 0 Å². The largest absolute Gasteiger partial charge is 0.314 e. The summed E-state index contributed by atoms with van der Waals surface area (Å²) in [6, 6.07) is 2.64. The van der Waals surface area contributed by atoms with Gasteiger partial charge >= 0.3 is 0 Å². The molecule has 1 saturated carbocycles. The molecule has 0 radical (unpaired) electrons. The van der Waals surface area contributed by atoms with Crippen molar-refractivity contribution in [3.8, 4) is 0 Å². The Morgan fingerprint density at radius 3 is 2.18 bits per heavy atom. The standard InChI is InChI=1S/C15H28N2/c1-3-16-15(11-5-4-6-11)12-9-13-7-8-14(10-12)17(13)2/h11-16H,3-10H2,1-2H3. The molecule has 0 aromatic rings. The zero-order valence-corrected chi connectivity index (χ0v) is 11.5. The Bertz CT molecular complexity index is 248. The molecule has 2 saturated heterocycles. The molecule has 3 aliphatic rings. The van der Waals surface area contributed by atoms with E-state index in [1.807, 2.05) is 0 Å². The maximum atomic E-state index is 3.82. The Kier molecular flexibility index (Phi) is 3.45. The minimum atomic E-state index is 0.838. The molecule has 2 aliphatic heterocycles. The number of hydrogen-bond acceptors (Lipinski definition) is 2.